The van der Waals surface area contributed by atoms with Crippen LogP contribution in [0.3, 0.4) is 0 Å². The predicted octanol–water partition coefficient (Wildman–Crippen LogP) is 0.670. The van der Waals surface area contributed by atoms with Gasteiger partial charge in [0.25, 0.3) is 0 Å². The van der Waals surface area contributed by atoms with Crippen molar-refractivity contribution in [3.05, 3.63) is 50.2 Å². The van der Waals surface area contributed by atoms with E-state index in [0.29, 0.717) is 19.5 Å². The average Bonchev–Trinajstić information content (AvgIpc) is 2.46. The van der Waals surface area contributed by atoms with Gasteiger partial charge in [0, 0.05) is 26.4 Å². The van der Waals surface area contributed by atoms with Gasteiger partial charge in [-0.05, 0) is 17.5 Å². The van der Waals surface area contributed by atoms with Gasteiger partial charge in [0.2, 0.25) is 11.8 Å². The van der Waals surface area contributed by atoms with Crippen LogP contribution in [0.5, 0.6) is 0 Å². The maximum Gasteiger partial charge on any atom is 1.00 e. The van der Waals surface area contributed by atoms with E-state index in [1.807, 2.05) is 45.0 Å². The Hall–Kier alpha value is -0.204. The summed E-state index contributed by atoms with van der Waals surface area (Å²) in [4.78, 5) is 22.1. The molecular formula is C18H32KN2O2-. The van der Waals surface area contributed by atoms with E-state index >= 15 is 0 Å². The minimum absolute atomic E-state index is 0. The standard InChI is InChI=1S/C14H20N2O2.C2H6.2CH3.K/c1-3-4-14(18)16-10-13-7-5-12(6-8-13)9-15-11(2)17;1-2;;;/h5-8H,3-4,9-10H2,1-2H3,(H,15,17)(H,16,18);1-2H3;2*1H3;/q;;2*-1;+1. The second-order valence-electron chi connectivity index (χ2n) is 4.25. The molecule has 0 saturated heterocycles. The first-order valence-corrected chi connectivity index (χ1v) is 7.20. The van der Waals surface area contributed by atoms with Gasteiger partial charge in [-0.3, -0.25) is 9.59 Å². The van der Waals surface area contributed by atoms with Crippen LogP contribution < -0.4 is 62.0 Å². The third-order valence-corrected chi connectivity index (χ3v) is 2.53. The molecule has 2 N–H and O–H groups in total. The summed E-state index contributed by atoms with van der Waals surface area (Å²) in [7, 11) is 0. The normalized spacial score (nSPS) is 8.00. The second kappa shape index (κ2) is 19.8. The van der Waals surface area contributed by atoms with Gasteiger partial charge < -0.3 is 25.5 Å². The van der Waals surface area contributed by atoms with Gasteiger partial charge in [-0.1, -0.05) is 45.0 Å². The first kappa shape index (κ1) is 30.7. The van der Waals surface area contributed by atoms with E-state index in [2.05, 4.69) is 10.6 Å². The number of rotatable bonds is 6. The van der Waals surface area contributed by atoms with Crippen LogP contribution in [-0.2, 0) is 22.7 Å². The molecule has 0 atom stereocenters. The van der Waals surface area contributed by atoms with Gasteiger partial charge in [0.1, 0.15) is 0 Å². The maximum absolute atomic E-state index is 11.3. The van der Waals surface area contributed by atoms with Gasteiger partial charge in [-0.15, -0.1) is 0 Å². The second-order valence-corrected chi connectivity index (χ2v) is 4.25. The third kappa shape index (κ3) is 16.4. The van der Waals surface area contributed by atoms with Crippen LogP contribution in [-0.4, -0.2) is 11.8 Å². The molecule has 1 aromatic rings. The van der Waals surface area contributed by atoms with Crippen LogP contribution in [0.15, 0.2) is 24.3 Å². The molecule has 0 aromatic heterocycles. The van der Waals surface area contributed by atoms with E-state index in [1.54, 1.807) is 0 Å². The van der Waals surface area contributed by atoms with Gasteiger partial charge in [0.15, 0.2) is 0 Å². The number of carbonyl (C=O) groups excluding carboxylic acids is 2. The smallest absolute Gasteiger partial charge is 0.358 e. The van der Waals surface area contributed by atoms with Crippen molar-refractivity contribution in [3.8, 4) is 0 Å². The number of carbonyl (C=O) groups is 2. The minimum Gasteiger partial charge on any atom is -0.358 e. The Bertz CT molecular complexity index is 406. The molecule has 0 spiro atoms. The van der Waals surface area contributed by atoms with Crippen molar-refractivity contribution in [2.75, 3.05) is 0 Å². The summed E-state index contributed by atoms with van der Waals surface area (Å²) in [6, 6.07) is 7.83. The van der Waals surface area contributed by atoms with Gasteiger partial charge in [0.05, 0.1) is 0 Å². The molecule has 1 aromatic carbocycles. The van der Waals surface area contributed by atoms with Crippen LogP contribution in [0, 0.1) is 14.9 Å². The summed E-state index contributed by atoms with van der Waals surface area (Å²) in [5, 5.41) is 5.60. The number of nitrogens with one attached hydrogen (secondary N) is 2. The first-order valence-electron chi connectivity index (χ1n) is 7.20. The average molecular weight is 348 g/mol. The van der Waals surface area contributed by atoms with Gasteiger partial charge in [-0.2, -0.15) is 0 Å². The van der Waals surface area contributed by atoms with Gasteiger partial charge >= 0.3 is 51.4 Å². The zero-order chi connectivity index (χ0) is 15.4. The molecule has 5 heteroatoms. The molecule has 23 heavy (non-hydrogen) atoms. The molecule has 0 saturated carbocycles. The fraction of sp³-hybridized carbons (Fsp3) is 0.444. The minimum atomic E-state index is -0.0362. The molecule has 0 aliphatic carbocycles. The van der Waals surface area contributed by atoms with Crippen molar-refractivity contribution in [1.82, 2.24) is 10.6 Å². The van der Waals surface area contributed by atoms with Gasteiger partial charge in [-0.25, -0.2) is 0 Å². The Labute approximate surface area is 185 Å². The Balaban J connectivity index is -0.000000347. The van der Waals surface area contributed by atoms with E-state index in [4.69, 9.17) is 0 Å². The molecule has 0 heterocycles. The maximum atomic E-state index is 11.3. The summed E-state index contributed by atoms with van der Waals surface area (Å²) >= 11 is 0. The van der Waals surface area contributed by atoms with Crippen LogP contribution >= 0.6 is 0 Å². The van der Waals surface area contributed by atoms with Crippen molar-refractivity contribution in [3.63, 3.8) is 0 Å². The van der Waals surface area contributed by atoms with Crippen LogP contribution in [0.4, 0.5) is 0 Å². The summed E-state index contributed by atoms with van der Waals surface area (Å²) in [5.41, 5.74) is 2.11. The molecule has 4 nitrogen and oxygen atoms in total. The monoisotopic (exact) mass is 347 g/mol. The predicted molar refractivity (Wildman–Crippen MR) is 94.9 cm³/mol. The zero-order valence-electron chi connectivity index (χ0n) is 16.0. The molecule has 2 amide bonds. The number of hydrogen-bond acceptors (Lipinski definition) is 2. The van der Waals surface area contributed by atoms with Crippen LogP contribution in [0.1, 0.15) is 51.7 Å². The summed E-state index contributed by atoms with van der Waals surface area (Å²) in [5.74, 6) is 0.0470. The molecule has 0 bridgehead atoms. The van der Waals surface area contributed by atoms with Crippen LogP contribution in [0.25, 0.3) is 0 Å². The van der Waals surface area contributed by atoms with Crippen molar-refractivity contribution < 1.29 is 61.0 Å². The van der Waals surface area contributed by atoms with E-state index in [1.165, 1.54) is 6.92 Å². The van der Waals surface area contributed by atoms with E-state index in [-0.39, 0.29) is 78.1 Å². The molecule has 0 fully saturated rings. The summed E-state index contributed by atoms with van der Waals surface area (Å²) in [6.45, 7) is 8.57. The third-order valence-electron chi connectivity index (χ3n) is 2.53. The molecule has 0 aliphatic heterocycles. The Morgan fingerprint density at radius 2 is 1.30 bits per heavy atom. The Kier molecular flexibility index (Phi) is 26.4. The van der Waals surface area contributed by atoms with E-state index < -0.39 is 0 Å². The van der Waals surface area contributed by atoms with E-state index in [0.717, 1.165) is 17.5 Å². The molecule has 0 radical (unpaired) electrons. The Morgan fingerprint density at radius 3 is 1.65 bits per heavy atom. The van der Waals surface area contributed by atoms with Crippen molar-refractivity contribution in [2.24, 2.45) is 0 Å². The SMILES string of the molecule is CC.CCCC(=O)NCc1ccc(CNC(C)=O)cc1.[CH3-].[CH3-].[K+]. The molecule has 0 unspecified atom stereocenters. The molecule has 0 aliphatic rings. The number of hydrogen-bond donors (Lipinski definition) is 2. The molecular weight excluding hydrogens is 315 g/mol. The zero-order valence-corrected chi connectivity index (χ0v) is 19.1. The summed E-state index contributed by atoms with van der Waals surface area (Å²) < 4.78 is 0. The quantitative estimate of drug-likeness (QED) is 0.587. The largest absolute Gasteiger partial charge is 1.00 e. The fourth-order valence-electron chi connectivity index (χ4n) is 1.52. The van der Waals surface area contributed by atoms with Crippen molar-refractivity contribution >= 4 is 11.8 Å². The molecule has 128 valence electrons. The number of amides is 2. The van der Waals surface area contributed by atoms with Crippen LogP contribution in [0.2, 0.25) is 0 Å². The molecule has 1 rings (SSSR count). The van der Waals surface area contributed by atoms with Crippen molar-refractivity contribution in [2.45, 2.75) is 53.6 Å². The van der Waals surface area contributed by atoms with Crippen molar-refractivity contribution in [1.29, 1.82) is 0 Å². The first-order chi connectivity index (χ1) is 9.61. The topological polar surface area (TPSA) is 58.2 Å². The summed E-state index contributed by atoms with van der Waals surface area (Å²) in [6.07, 6.45) is 1.43. The Morgan fingerprint density at radius 1 is 0.913 bits per heavy atom. The number of benzene rings is 1. The fourth-order valence-corrected chi connectivity index (χ4v) is 1.52. The van der Waals surface area contributed by atoms with E-state index in [9.17, 15) is 9.59 Å².